The lowest BCUT2D eigenvalue weighted by Crippen LogP contribution is -2.07. The molecular formula is C11H10O4. The molecule has 78 valence electrons. The van der Waals surface area contributed by atoms with Gasteiger partial charge in [0.25, 0.3) is 0 Å². The summed E-state index contributed by atoms with van der Waals surface area (Å²) in [6, 6.07) is 6.61. The minimum atomic E-state index is -0.815. The van der Waals surface area contributed by atoms with Gasteiger partial charge in [-0.05, 0) is 24.3 Å². The Morgan fingerprint density at radius 3 is 2.53 bits per heavy atom. The predicted molar refractivity (Wildman–Crippen MR) is 52.0 cm³/mol. The van der Waals surface area contributed by atoms with E-state index in [-0.39, 0.29) is 12.0 Å². The molecule has 1 fully saturated rings. The molecule has 1 aromatic rings. The maximum atomic E-state index is 10.5. The second kappa shape index (κ2) is 3.73. The zero-order chi connectivity index (χ0) is 10.8. The number of aldehydes is 1. The zero-order valence-corrected chi connectivity index (χ0v) is 7.92. The molecule has 4 heteroatoms. The van der Waals surface area contributed by atoms with Gasteiger partial charge >= 0.3 is 5.97 Å². The number of rotatable bonds is 4. The van der Waals surface area contributed by atoms with Crippen LogP contribution in [0.2, 0.25) is 0 Å². The van der Waals surface area contributed by atoms with Crippen molar-refractivity contribution in [1.82, 2.24) is 0 Å². The molecule has 1 aliphatic rings. The van der Waals surface area contributed by atoms with Crippen LogP contribution in [-0.2, 0) is 4.79 Å². The van der Waals surface area contributed by atoms with Gasteiger partial charge in [-0.15, -0.1) is 0 Å². The SMILES string of the molecule is O=Cc1ccc(O[C@@H]2C[C@H]2C(=O)O)cc1. The van der Waals surface area contributed by atoms with Crippen LogP contribution < -0.4 is 4.74 Å². The van der Waals surface area contributed by atoms with Crippen molar-refractivity contribution in [2.75, 3.05) is 0 Å². The number of hydrogen-bond donors (Lipinski definition) is 1. The quantitative estimate of drug-likeness (QED) is 0.755. The fourth-order valence-corrected chi connectivity index (χ4v) is 1.36. The fourth-order valence-electron chi connectivity index (χ4n) is 1.36. The third-order valence-electron chi connectivity index (χ3n) is 2.35. The van der Waals surface area contributed by atoms with Crippen molar-refractivity contribution in [3.05, 3.63) is 29.8 Å². The minimum Gasteiger partial charge on any atom is -0.490 e. The minimum absolute atomic E-state index is 0.218. The fraction of sp³-hybridized carbons (Fsp3) is 0.273. The van der Waals surface area contributed by atoms with Crippen molar-refractivity contribution < 1.29 is 19.4 Å². The number of carboxylic acids is 1. The maximum Gasteiger partial charge on any atom is 0.310 e. The number of benzene rings is 1. The van der Waals surface area contributed by atoms with E-state index in [1.807, 2.05) is 0 Å². The van der Waals surface area contributed by atoms with E-state index in [1.165, 1.54) is 0 Å². The van der Waals surface area contributed by atoms with E-state index in [0.717, 1.165) is 6.29 Å². The molecule has 0 aromatic heterocycles. The van der Waals surface area contributed by atoms with Crippen molar-refractivity contribution >= 4 is 12.3 Å². The second-order valence-electron chi connectivity index (χ2n) is 3.52. The third kappa shape index (κ3) is 2.15. The summed E-state index contributed by atoms with van der Waals surface area (Å²) in [7, 11) is 0. The van der Waals surface area contributed by atoms with Crippen LogP contribution in [0.4, 0.5) is 0 Å². The molecule has 0 bridgehead atoms. The second-order valence-corrected chi connectivity index (χ2v) is 3.52. The van der Waals surface area contributed by atoms with Crippen LogP contribution in [0, 0.1) is 5.92 Å². The van der Waals surface area contributed by atoms with Crippen LogP contribution in [-0.4, -0.2) is 23.5 Å². The van der Waals surface area contributed by atoms with Crippen molar-refractivity contribution in [1.29, 1.82) is 0 Å². The van der Waals surface area contributed by atoms with Crippen LogP contribution in [0.15, 0.2) is 24.3 Å². The lowest BCUT2D eigenvalue weighted by molar-refractivity contribution is -0.139. The molecule has 0 radical (unpaired) electrons. The maximum absolute atomic E-state index is 10.5. The number of carbonyl (C=O) groups is 2. The Bertz CT molecular complexity index is 382. The zero-order valence-electron chi connectivity index (χ0n) is 7.92. The number of carboxylic acid groups (broad SMARTS) is 1. The van der Waals surface area contributed by atoms with Crippen molar-refractivity contribution in [2.45, 2.75) is 12.5 Å². The average Bonchev–Trinajstić information content (AvgIpc) is 2.98. The molecule has 0 heterocycles. The number of hydrogen-bond acceptors (Lipinski definition) is 3. The molecule has 15 heavy (non-hydrogen) atoms. The summed E-state index contributed by atoms with van der Waals surface area (Å²) in [5.41, 5.74) is 0.577. The van der Waals surface area contributed by atoms with Gasteiger partial charge < -0.3 is 9.84 Å². The van der Waals surface area contributed by atoms with Crippen molar-refractivity contribution in [3.63, 3.8) is 0 Å². The van der Waals surface area contributed by atoms with E-state index >= 15 is 0 Å². The Morgan fingerprint density at radius 2 is 2.07 bits per heavy atom. The average molecular weight is 206 g/mol. The van der Waals surface area contributed by atoms with Gasteiger partial charge in [-0.3, -0.25) is 9.59 Å². The number of carbonyl (C=O) groups excluding carboxylic acids is 1. The third-order valence-corrected chi connectivity index (χ3v) is 2.35. The van der Waals surface area contributed by atoms with Crippen LogP contribution in [0.3, 0.4) is 0 Å². The largest absolute Gasteiger partial charge is 0.490 e. The van der Waals surface area contributed by atoms with E-state index in [1.54, 1.807) is 24.3 Å². The summed E-state index contributed by atoms with van der Waals surface area (Å²) in [4.78, 5) is 20.9. The highest BCUT2D eigenvalue weighted by atomic mass is 16.5. The molecular weight excluding hydrogens is 196 g/mol. The van der Waals surface area contributed by atoms with Crippen LogP contribution in [0.5, 0.6) is 5.75 Å². The first-order valence-electron chi connectivity index (χ1n) is 4.65. The molecule has 0 unspecified atom stereocenters. The van der Waals surface area contributed by atoms with Gasteiger partial charge in [0.05, 0.1) is 5.92 Å². The highest BCUT2D eigenvalue weighted by molar-refractivity contribution is 5.75. The summed E-state index contributed by atoms with van der Waals surface area (Å²) in [5.74, 6) is -0.588. The summed E-state index contributed by atoms with van der Waals surface area (Å²) in [6.07, 6.45) is 1.09. The Morgan fingerprint density at radius 1 is 1.40 bits per heavy atom. The highest BCUT2D eigenvalue weighted by Gasteiger charge is 2.45. The van der Waals surface area contributed by atoms with Gasteiger partial charge in [0.15, 0.2) is 0 Å². The summed E-state index contributed by atoms with van der Waals surface area (Å²) in [6.45, 7) is 0. The molecule has 1 aromatic carbocycles. The first kappa shape index (κ1) is 9.71. The van der Waals surface area contributed by atoms with Gasteiger partial charge in [-0.1, -0.05) is 0 Å². The van der Waals surface area contributed by atoms with E-state index in [0.29, 0.717) is 17.7 Å². The lowest BCUT2D eigenvalue weighted by atomic mass is 10.2. The normalized spacial score (nSPS) is 23.2. The number of aliphatic carboxylic acids is 1. The van der Waals surface area contributed by atoms with Crippen LogP contribution in [0.1, 0.15) is 16.8 Å². The van der Waals surface area contributed by atoms with E-state index < -0.39 is 5.97 Å². The highest BCUT2D eigenvalue weighted by Crippen LogP contribution is 2.34. The van der Waals surface area contributed by atoms with Crippen molar-refractivity contribution in [3.8, 4) is 5.75 Å². The van der Waals surface area contributed by atoms with Gasteiger partial charge in [-0.25, -0.2) is 0 Å². The van der Waals surface area contributed by atoms with E-state index in [4.69, 9.17) is 9.84 Å². The summed E-state index contributed by atoms with van der Waals surface area (Å²) >= 11 is 0. The van der Waals surface area contributed by atoms with Gasteiger partial charge in [0.1, 0.15) is 18.1 Å². The number of ether oxygens (including phenoxy) is 1. The van der Waals surface area contributed by atoms with Gasteiger partial charge in [0, 0.05) is 12.0 Å². The molecule has 1 N–H and O–H groups in total. The topological polar surface area (TPSA) is 63.6 Å². The smallest absolute Gasteiger partial charge is 0.310 e. The molecule has 0 spiro atoms. The molecule has 4 nitrogen and oxygen atoms in total. The summed E-state index contributed by atoms with van der Waals surface area (Å²) in [5, 5.41) is 8.66. The Labute approximate surface area is 86.5 Å². The van der Waals surface area contributed by atoms with Crippen LogP contribution >= 0.6 is 0 Å². The first-order valence-corrected chi connectivity index (χ1v) is 4.65. The molecule has 2 atom stereocenters. The first-order chi connectivity index (χ1) is 7.20. The molecule has 2 rings (SSSR count). The molecule has 1 aliphatic carbocycles. The van der Waals surface area contributed by atoms with E-state index in [9.17, 15) is 9.59 Å². The van der Waals surface area contributed by atoms with Crippen LogP contribution in [0.25, 0.3) is 0 Å². The predicted octanol–water partition coefficient (Wildman–Crippen LogP) is 1.35. The van der Waals surface area contributed by atoms with E-state index in [2.05, 4.69) is 0 Å². The van der Waals surface area contributed by atoms with Gasteiger partial charge in [0.2, 0.25) is 0 Å². The molecule has 0 amide bonds. The van der Waals surface area contributed by atoms with Crippen molar-refractivity contribution in [2.24, 2.45) is 5.92 Å². The lowest BCUT2D eigenvalue weighted by Gasteiger charge is -2.03. The molecule has 0 saturated heterocycles. The Balaban J connectivity index is 1.95. The summed E-state index contributed by atoms with van der Waals surface area (Å²) < 4.78 is 5.40. The monoisotopic (exact) mass is 206 g/mol. The molecule has 0 aliphatic heterocycles. The Hall–Kier alpha value is -1.84. The van der Waals surface area contributed by atoms with Gasteiger partial charge in [-0.2, -0.15) is 0 Å². The Kier molecular flexibility index (Phi) is 2.41. The standard InChI is InChI=1S/C11H10O4/c12-6-7-1-3-8(4-2-7)15-10-5-9(10)11(13)14/h1-4,6,9-10H,5H2,(H,13,14)/t9-,10-/m1/s1. The molecule has 1 saturated carbocycles.